The van der Waals surface area contributed by atoms with Gasteiger partial charge in [0, 0.05) is 29.6 Å². The molecule has 5 nitrogen and oxygen atoms in total. The van der Waals surface area contributed by atoms with Crippen LogP contribution in [0, 0.1) is 12.8 Å². The van der Waals surface area contributed by atoms with Crippen molar-refractivity contribution >= 4 is 17.7 Å². The van der Waals surface area contributed by atoms with Crippen LogP contribution < -0.4 is 5.73 Å². The van der Waals surface area contributed by atoms with Gasteiger partial charge >= 0.3 is 6.09 Å². The van der Waals surface area contributed by atoms with Crippen LogP contribution in [0.25, 0.3) is 11.1 Å². The average molecular weight is 473 g/mol. The third-order valence-corrected chi connectivity index (χ3v) is 6.61. The van der Waals surface area contributed by atoms with Gasteiger partial charge in [0.1, 0.15) is 5.60 Å². The number of carbonyl (C=O) groups is 1. The molecular weight excluding hydrogens is 436 g/mol. The van der Waals surface area contributed by atoms with E-state index in [1.165, 1.54) is 0 Å². The van der Waals surface area contributed by atoms with Crippen LogP contribution in [0.3, 0.4) is 0 Å². The van der Waals surface area contributed by atoms with Crippen LogP contribution >= 0.6 is 11.6 Å². The van der Waals surface area contributed by atoms with Gasteiger partial charge in [-0.2, -0.15) is 0 Å². The van der Waals surface area contributed by atoms with E-state index in [-0.39, 0.29) is 12.0 Å². The van der Waals surface area contributed by atoms with E-state index in [2.05, 4.69) is 6.07 Å². The molecule has 3 rings (SSSR count). The molecule has 0 bridgehead atoms. The second kappa shape index (κ2) is 10.5. The van der Waals surface area contributed by atoms with Gasteiger partial charge in [-0.05, 0) is 77.1 Å². The molecule has 2 aromatic rings. The third-order valence-electron chi connectivity index (χ3n) is 6.30. The monoisotopic (exact) mass is 472 g/mol. The van der Waals surface area contributed by atoms with E-state index in [9.17, 15) is 9.90 Å². The van der Waals surface area contributed by atoms with Crippen molar-refractivity contribution in [3.8, 4) is 11.1 Å². The largest absolute Gasteiger partial charge is 0.444 e. The summed E-state index contributed by atoms with van der Waals surface area (Å²) in [6.07, 6.45) is 2.43. The molecule has 2 atom stereocenters. The van der Waals surface area contributed by atoms with E-state index in [1.807, 2.05) is 64.1 Å². The lowest BCUT2D eigenvalue weighted by molar-refractivity contribution is -0.0626. The summed E-state index contributed by atoms with van der Waals surface area (Å²) in [4.78, 5) is 14.5. The number of aryl methyl sites for hydroxylation is 1. The van der Waals surface area contributed by atoms with Crippen molar-refractivity contribution in [2.24, 2.45) is 11.7 Å². The number of nitrogens with two attached hydrogens (primary N) is 1. The van der Waals surface area contributed by atoms with Gasteiger partial charge in [0.05, 0.1) is 5.60 Å². The molecule has 33 heavy (non-hydrogen) atoms. The SMILES string of the molecule is Cc1cccc(-c2c(Cl)cccc2[C@](O)(CCCN)[C@@H]2CCCN(C(=O)OC(C)(C)C)C2)c1. The molecule has 1 fully saturated rings. The Morgan fingerprint density at radius 1 is 1.24 bits per heavy atom. The highest BCUT2D eigenvalue weighted by molar-refractivity contribution is 6.33. The van der Waals surface area contributed by atoms with Crippen LogP contribution in [0.5, 0.6) is 0 Å². The predicted octanol–water partition coefficient (Wildman–Crippen LogP) is 5.89. The number of rotatable bonds is 6. The molecule has 0 aromatic heterocycles. The number of ether oxygens (including phenoxy) is 1. The molecular formula is C27H37ClN2O3. The molecule has 1 heterocycles. The maximum atomic E-state index is 12.8. The van der Waals surface area contributed by atoms with Gasteiger partial charge in [0.2, 0.25) is 0 Å². The highest BCUT2D eigenvalue weighted by Crippen LogP contribution is 2.45. The summed E-state index contributed by atoms with van der Waals surface area (Å²) < 4.78 is 5.61. The summed E-state index contributed by atoms with van der Waals surface area (Å²) in [6.45, 7) is 9.16. The zero-order chi connectivity index (χ0) is 24.2. The second-order valence-electron chi connectivity index (χ2n) is 10.1. The maximum absolute atomic E-state index is 12.8. The van der Waals surface area contributed by atoms with Crippen molar-refractivity contribution in [2.45, 2.75) is 64.6 Å². The fourth-order valence-electron chi connectivity index (χ4n) is 4.77. The zero-order valence-electron chi connectivity index (χ0n) is 20.2. The Morgan fingerprint density at radius 3 is 2.64 bits per heavy atom. The molecule has 1 aliphatic rings. The van der Waals surface area contributed by atoms with E-state index < -0.39 is 11.2 Å². The number of hydrogen-bond donors (Lipinski definition) is 2. The molecule has 0 spiro atoms. The fourth-order valence-corrected chi connectivity index (χ4v) is 5.05. The van der Waals surface area contributed by atoms with Crippen LogP contribution in [0.2, 0.25) is 5.02 Å². The topological polar surface area (TPSA) is 75.8 Å². The maximum Gasteiger partial charge on any atom is 0.410 e. The number of halogens is 1. The molecule has 2 aromatic carbocycles. The molecule has 1 saturated heterocycles. The van der Waals surface area contributed by atoms with Gasteiger partial charge < -0.3 is 20.5 Å². The molecule has 0 aliphatic carbocycles. The first kappa shape index (κ1) is 25.5. The first-order chi connectivity index (χ1) is 15.5. The Balaban J connectivity index is 2.03. The Labute approximate surface area is 202 Å². The average Bonchev–Trinajstić information content (AvgIpc) is 2.76. The van der Waals surface area contributed by atoms with Crippen LogP contribution in [0.1, 0.15) is 57.6 Å². The standard InChI is InChI=1S/C27H37ClN2O3/c1-19-9-5-10-20(17-19)24-22(12-6-13-23(24)28)27(32,14-8-15-29)21-11-7-16-30(18-21)25(31)33-26(2,3)4/h5-6,9-10,12-13,17,21,32H,7-8,11,14-16,18,29H2,1-4H3/t21-,27+/m1/s1. The lowest BCUT2D eigenvalue weighted by Crippen LogP contribution is -2.49. The van der Waals surface area contributed by atoms with Crippen molar-refractivity contribution in [1.82, 2.24) is 4.90 Å². The fraction of sp³-hybridized carbons (Fsp3) is 0.519. The number of carbonyl (C=O) groups excluding carboxylic acids is 1. The van der Waals surface area contributed by atoms with Gasteiger partial charge in [-0.1, -0.05) is 53.6 Å². The molecule has 0 radical (unpaired) electrons. The lowest BCUT2D eigenvalue weighted by atomic mass is 9.72. The number of likely N-dealkylation sites (tertiary alicyclic amines) is 1. The van der Waals surface area contributed by atoms with Crippen molar-refractivity contribution in [3.05, 3.63) is 58.6 Å². The number of amides is 1. The minimum Gasteiger partial charge on any atom is -0.444 e. The third kappa shape index (κ3) is 6.08. The zero-order valence-corrected chi connectivity index (χ0v) is 21.0. The van der Waals surface area contributed by atoms with Crippen LogP contribution in [-0.4, -0.2) is 41.3 Å². The molecule has 1 amide bonds. The number of nitrogens with zero attached hydrogens (tertiary/aromatic N) is 1. The Kier molecular flexibility index (Phi) is 8.09. The van der Waals surface area contributed by atoms with Crippen LogP contribution in [0.15, 0.2) is 42.5 Å². The van der Waals surface area contributed by atoms with Crippen molar-refractivity contribution in [1.29, 1.82) is 0 Å². The molecule has 6 heteroatoms. The number of piperidine rings is 1. The van der Waals surface area contributed by atoms with Crippen molar-refractivity contribution < 1.29 is 14.6 Å². The summed E-state index contributed by atoms with van der Waals surface area (Å²) in [7, 11) is 0. The van der Waals surface area contributed by atoms with Gasteiger partial charge in [-0.25, -0.2) is 4.79 Å². The summed E-state index contributed by atoms with van der Waals surface area (Å²) >= 11 is 6.73. The number of benzene rings is 2. The van der Waals surface area contributed by atoms with Crippen LogP contribution in [0.4, 0.5) is 4.79 Å². The van der Waals surface area contributed by atoms with Gasteiger partial charge in [-0.15, -0.1) is 0 Å². The van der Waals surface area contributed by atoms with E-state index in [4.69, 9.17) is 22.1 Å². The molecule has 0 saturated carbocycles. The first-order valence-corrected chi connectivity index (χ1v) is 12.2. The van der Waals surface area contributed by atoms with E-state index >= 15 is 0 Å². The van der Waals surface area contributed by atoms with Gasteiger partial charge in [0.15, 0.2) is 0 Å². The van der Waals surface area contributed by atoms with Crippen molar-refractivity contribution in [3.63, 3.8) is 0 Å². The predicted molar refractivity (Wildman–Crippen MR) is 134 cm³/mol. The summed E-state index contributed by atoms with van der Waals surface area (Å²) in [6, 6.07) is 13.9. The Hall–Kier alpha value is -2.08. The highest BCUT2D eigenvalue weighted by Gasteiger charge is 2.43. The molecule has 1 aliphatic heterocycles. The Bertz CT molecular complexity index is 972. The smallest absolute Gasteiger partial charge is 0.410 e. The molecule has 0 unspecified atom stereocenters. The van der Waals surface area contributed by atoms with E-state index in [0.717, 1.165) is 35.1 Å². The minimum absolute atomic E-state index is 0.160. The van der Waals surface area contributed by atoms with E-state index in [0.29, 0.717) is 37.5 Å². The Morgan fingerprint density at radius 2 is 1.97 bits per heavy atom. The van der Waals surface area contributed by atoms with Crippen molar-refractivity contribution in [2.75, 3.05) is 19.6 Å². The first-order valence-electron chi connectivity index (χ1n) is 11.8. The summed E-state index contributed by atoms with van der Waals surface area (Å²) in [5.41, 5.74) is 7.86. The summed E-state index contributed by atoms with van der Waals surface area (Å²) in [5.74, 6) is -0.160. The minimum atomic E-state index is -1.18. The molecule has 180 valence electrons. The van der Waals surface area contributed by atoms with Gasteiger partial charge in [0.25, 0.3) is 0 Å². The summed E-state index contributed by atoms with van der Waals surface area (Å²) in [5, 5.41) is 12.9. The molecule has 3 N–H and O–H groups in total. The van der Waals surface area contributed by atoms with E-state index in [1.54, 1.807) is 4.90 Å². The number of aliphatic hydroxyl groups is 1. The normalized spacial score (nSPS) is 18.6. The number of hydrogen-bond acceptors (Lipinski definition) is 4. The van der Waals surface area contributed by atoms with Crippen LogP contribution in [-0.2, 0) is 10.3 Å². The quantitative estimate of drug-likeness (QED) is 0.549. The highest BCUT2D eigenvalue weighted by atomic mass is 35.5. The van der Waals surface area contributed by atoms with Gasteiger partial charge in [-0.3, -0.25) is 0 Å². The lowest BCUT2D eigenvalue weighted by Gasteiger charge is -2.43. The second-order valence-corrected chi connectivity index (χ2v) is 10.5.